The first-order chi connectivity index (χ1) is 16.0. The summed E-state index contributed by atoms with van der Waals surface area (Å²) < 4.78 is 72.8. The molecule has 34 heavy (non-hydrogen) atoms. The number of nitrogens with zero attached hydrogens (tertiary/aromatic N) is 2. The first kappa shape index (κ1) is 23.1. The maximum atomic E-state index is 14.6. The average molecular weight is 477 g/mol. The summed E-state index contributed by atoms with van der Waals surface area (Å²) in [6.07, 6.45) is -4.59. The SMILES string of the molecule is CCOC(=O)c1c(-c2ccc(C(F)(F)F)cc2)[nH]c2c(-c3ccc(F)cc3F)c(C)nn2c1=O. The number of H-pyrrole nitrogens is 1. The van der Waals surface area contributed by atoms with E-state index in [0.29, 0.717) is 6.07 Å². The highest BCUT2D eigenvalue weighted by Gasteiger charge is 2.31. The second kappa shape index (κ2) is 8.40. The Morgan fingerprint density at radius 1 is 1.12 bits per heavy atom. The number of fused-ring (bicyclic) bond motifs is 1. The minimum Gasteiger partial charge on any atom is -0.462 e. The molecule has 176 valence electrons. The van der Waals surface area contributed by atoms with E-state index in [9.17, 15) is 31.5 Å². The third kappa shape index (κ3) is 3.93. The Morgan fingerprint density at radius 2 is 1.79 bits per heavy atom. The molecule has 2 aromatic carbocycles. The van der Waals surface area contributed by atoms with Gasteiger partial charge in [-0.25, -0.2) is 13.6 Å². The molecule has 0 bridgehead atoms. The third-order valence-electron chi connectivity index (χ3n) is 5.14. The summed E-state index contributed by atoms with van der Waals surface area (Å²) in [5.41, 5.74) is -2.15. The molecule has 0 saturated heterocycles. The molecule has 0 aliphatic rings. The van der Waals surface area contributed by atoms with Crippen molar-refractivity contribution < 1.29 is 31.5 Å². The predicted octanol–water partition coefficient (Wildman–Crippen LogP) is 5.14. The molecule has 0 unspecified atom stereocenters. The standard InChI is InChI=1S/C23H16F5N3O3/c1-3-34-22(33)18-19(12-4-6-13(7-5-12)23(26,27)28)29-20-17(11(2)30-31(20)21(18)32)15-9-8-14(24)10-16(15)25/h4-10,29H,3H2,1-2H3. The van der Waals surface area contributed by atoms with Crippen molar-refractivity contribution in [2.75, 3.05) is 6.61 Å². The van der Waals surface area contributed by atoms with Crippen LogP contribution >= 0.6 is 0 Å². The van der Waals surface area contributed by atoms with E-state index in [1.54, 1.807) is 0 Å². The third-order valence-corrected chi connectivity index (χ3v) is 5.14. The van der Waals surface area contributed by atoms with Crippen LogP contribution in [0.25, 0.3) is 28.0 Å². The number of hydrogen-bond donors (Lipinski definition) is 1. The molecule has 0 spiro atoms. The minimum absolute atomic E-state index is 0.0315. The lowest BCUT2D eigenvalue weighted by Crippen LogP contribution is -2.26. The van der Waals surface area contributed by atoms with Crippen molar-refractivity contribution in [1.29, 1.82) is 0 Å². The number of ether oxygens (including phenoxy) is 1. The number of nitrogens with one attached hydrogen (secondary N) is 1. The van der Waals surface area contributed by atoms with Gasteiger partial charge in [0.1, 0.15) is 17.3 Å². The molecule has 0 aliphatic carbocycles. The quantitative estimate of drug-likeness (QED) is 0.326. The fraction of sp³-hybridized carbons (Fsp3) is 0.174. The fourth-order valence-corrected chi connectivity index (χ4v) is 3.63. The lowest BCUT2D eigenvalue weighted by Gasteiger charge is -2.12. The monoisotopic (exact) mass is 477 g/mol. The molecule has 0 fully saturated rings. The van der Waals surface area contributed by atoms with Gasteiger partial charge in [-0.2, -0.15) is 22.8 Å². The van der Waals surface area contributed by atoms with Crippen molar-refractivity contribution in [2.24, 2.45) is 0 Å². The van der Waals surface area contributed by atoms with Crippen molar-refractivity contribution in [2.45, 2.75) is 20.0 Å². The highest BCUT2D eigenvalue weighted by Crippen LogP contribution is 2.33. The van der Waals surface area contributed by atoms with Gasteiger partial charge in [-0.15, -0.1) is 0 Å². The highest BCUT2D eigenvalue weighted by atomic mass is 19.4. The van der Waals surface area contributed by atoms with Gasteiger partial charge in [-0.3, -0.25) is 4.79 Å². The molecule has 11 heteroatoms. The first-order valence-corrected chi connectivity index (χ1v) is 9.98. The highest BCUT2D eigenvalue weighted by molar-refractivity contribution is 5.97. The lowest BCUT2D eigenvalue weighted by atomic mass is 10.0. The van der Waals surface area contributed by atoms with Gasteiger partial charge in [0.25, 0.3) is 5.56 Å². The van der Waals surface area contributed by atoms with Crippen molar-refractivity contribution in [1.82, 2.24) is 14.6 Å². The molecule has 4 rings (SSSR count). The zero-order valence-electron chi connectivity index (χ0n) is 17.8. The Kier molecular flexibility index (Phi) is 5.72. The number of hydrogen-bond acceptors (Lipinski definition) is 4. The fourth-order valence-electron chi connectivity index (χ4n) is 3.63. The van der Waals surface area contributed by atoms with E-state index < -0.39 is 40.5 Å². The van der Waals surface area contributed by atoms with E-state index in [2.05, 4.69) is 10.1 Å². The number of carbonyl (C=O) groups excluding carboxylic acids is 1. The van der Waals surface area contributed by atoms with Gasteiger partial charge in [0.05, 0.1) is 29.1 Å². The number of alkyl halides is 3. The molecule has 0 atom stereocenters. The molecule has 2 aromatic heterocycles. The van der Waals surface area contributed by atoms with Crippen LogP contribution in [0.2, 0.25) is 0 Å². The van der Waals surface area contributed by atoms with Gasteiger partial charge in [0.2, 0.25) is 0 Å². The second-order valence-electron chi connectivity index (χ2n) is 7.32. The molecular formula is C23H16F5N3O3. The molecule has 0 amide bonds. The normalized spacial score (nSPS) is 11.7. The topological polar surface area (TPSA) is 76.5 Å². The number of esters is 1. The number of benzene rings is 2. The molecule has 1 N–H and O–H groups in total. The van der Waals surface area contributed by atoms with Crippen molar-refractivity contribution in [3.8, 4) is 22.4 Å². The van der Waals surface area contributed by atoms with Crippen LogP contribution in [0.3, 0.4) is 0 Å². The largest absolute Gasteiger partial charge is 0.462 e. The number of aryl methyl sites for hydroxylation is 1. The first-order valence-electron chi connectivity index (χ1n) is 9.98. The molecule has 4 aromatic rings. The van der Waals surface area contributed by atoms with E-state index in [4.69, 9.17) is 4.74 Å². The minimum atomic E-state index is -4.59. The number of carbonyl (C=O) groups is 1. The number of rotatable bonds is 4. The van der Waals surface area contributed by atoms with Crippen LogP contribution in [-0.2, 0) is 10.9 Å². The lowest BCUT2D eigenvalue weighted by molar-refractivity contribution is -0.137. The molecule has 0 radical (unpaired) electrons. The van der Waals surface area contributed by atoms with Crippen molar-refractivity contribution >= 4 is 11.6 Å². The summed E-state index contributed by atoms with van der Waals surface area (Å²) in [7, 11) is 0. The van der Waals surface area contributed by atoms with Crippen LogP contribution in [0, 0.1) is 18.6 Å². The molecule has 2 heterocycles. The Labute approximate surface area is 188 Å². The number of aromatic amines is 1. The Balaban J connectivity index is 2.04. The summed E-state index contributed by atoms with van der Waals surface area (Å²) in [6, 6.07) is 6.65. The molecule has 0 saturated carbocycles. The Bertz CT molecular complexity index is 1470. The van der Waals surface area contributed by atoms with Crippen molar-refractivity contribution in [3.63, 3.8) is 0 Å². The zero-order chi connectivity index (χ0) is 24.8. The van der Waals surface area contributed by atoms with E-state index in [0.717, 1.165) is 34.8 Å². The summed E-state index contributed by atoms with van der Waals surface area (Å²) in [6.45, 7) is 2.95. The summed E-state index contributed by atoms with van der Waals surface area (Å²) in [5, 5.41) is 4.09. The van der Waals surface area contributed by atoms with Crippen LogP contribution in [0.15, 0.2) is 47.3 Å². The summed E-state index contributed by atoms with van der Waals surface area (Å²) >= 11 is 0. The maximum Gasteiger partial charge on any atom is 0.416 e. The molecule has 0 aliphatic heterocycles. The van der Waals surface area contributed by atoms with Crippen LogP contribution in [0.4, 0.5) is 22.0 Å². The van der Waals surface area contributed by atoms with Crippen LogP contribution < -0.4 is 5.56 Å². The Morgan fingerprint density at radius 3 is 2.38 bits per heavy atom. The van der Waals surface area contributed by atoms with E-state index >= 15 is 0 Å². The number of halogens is 5. The van der Waals surface area contributed by atoms with Gasteiger partial charge in [-0.05, 0) is 43.7 Å². The predicted molar refractivity (Wildman–Crippen MR) is 112 cm³/mol. The van der Waals surface area contributed by atoms with Gasteiger partial charge in [0.15, 0.2) is 5.56 Å². The Hall–Kier alpha value is -4.02. The van der Waals surface area contributed by atoms with Crippen LogP contribution in [0.1, 0.15) is 28.5 Å². The van der Waals surface area contributed by atoms with Crippen molar-refractivity contribution in [3.05, 3.63) is 81.3 Å². The summed E-state index contributed by atoms with van der Waals surface area (Å²) in [4.78, 5) is 28.7. The molecular weight excluding hydrogens is 461 g/mol. The van der Waals surface area contributed by atoms with Gasteiger partial charge >= 0.3 is 12.1 Å². The van der Waals surface area contributed by atoms with Gasteiger partial charge in [0, 0.05) is 11.6 Å². The smallest absolute Gasteiger partial charge is 0.416 e. The summed E-state index contributed by atoms with van der Waals surface area (Å²) in [5.74, 6) is -2.73. The maximum absolute atomic E-state index is 14.6. The van der Waals surface area contributed by atoms with E-state index in [1.165, 1.54) is 19.9 Å². The average Bonchev–Trinajstić information content (AvgIpc) is 3.09. The van der Waals surface area contributed by atoms with E-state index in [1.807, 2.05) is 0 Å². The van der Waals surface area contributed by atoms with Gasteiger partial charge in [-0.1, -0.05) is 12.1 Å². The van der Waals surface area contributed by atoms with Crippen LogP contribution in [0.5, 0.6) is 0 Å². The molecule has 6 nitrogen and oxygen atoms in total. The van der Waals surface area contributed by atoms with Gasteiger partial charge < -0.3 is 9.72 Å². The number of aromatic nitrogens is 3. The van der Waals surface area contributed by atoms with E-state index in [-0.39, 0.29) is 40.3 Å². The van der Waals surface area contributed by atoms with Crippen LogP contribution in [-0.4, -0.2) is 27.2 Å². The zero-order valence-corrected chi connectivity index (χ0v) is 17.8. The second-order valence-corrected chi connectivity index (χ2v) is 7.32.